The van der Waals surface area contributed by atoms with Crippen LogP contribution in [0.2, 0.25) is 0 Å². The summed E-state index contributed by atoms with van der Waals surface area (Å²) in [6.45, 7) is 8.39. The lowest BCUT2D eigenvalue weighted by Crippen LogP contribution is -2.38. The number of aliphatic carboxylic acids is 1. The highest BCUT2D eigenvalue weighted by Crippen LogP contribution is 2.39. The first-order valence-electron chi connectivity index (χ1n) is 13.8. The molecular formula is C32H37N3O5S. The summed E-state index contributed by atoms with van der Waals surface area (Å²) in [4.78, 5) is 33.8. The third-order valence-electron chi connectivity index (χ3n) is 7.12. The Balaban J connectivity index is 1.40. The first-order chi connectivity index (χ1) is 19.6. The summed E-state index contributed by atoms with van der Waals surface area (Å²) in [5.74, 6) is -0.314. The lowest BCUT2D eigenvalue weighted by molar-refractivity contribution is -0.137. The molecular weight excluding hydrogens is 538 g/mol. The molecule has 0 bridgehead atoms. The second-order valence-corrected chi connectivity index (χ2v) is 11.9. The molecule has 2 unspecified atom stereocenters. The van der Waals surface area contributed by atoms with E-state index in [9.17, 15) is 14.7 Å². The van der Waals surface area contributed by atoms with Gasteiger partial charge in [-0.3, -0.25) is 9.78 Å². The predicted octanol–water partition coefficient (Wildman–Crippen LogP) is 6.82. The highest BCUT2D eigenvalue weighted by Gasteiger charge is 2.34. The van der Waals surface area contributed by atoms with Crippen LogP contribution >= 0.6 is 11.3 Å². The van der Waals surface area contributed by atoms with Crippen LogP contribution in [0.5, 0.6) is 0 Å². The summed E-state index contributed by atoms with van der Waals surface area (Å²) in [6, 6.07) is 12.3. The van der Waals surface area contributed by atoms with Gasteiger partial charge in [-0.1, -0.05) is 43.3 Å². The molecule has 41 heavy (non-hydrogen) atoms. The van der Waals surface area contributed by atoms with Crippen molar-refractivity contribution >= 4 is 23.4 Å². The summed E-state index contributed by atoms with van der Waals surface area (Å²) in [6.07, 6.45) is 9.95. The number of rotatable bonds is 12. The second-order valence-electron chi connectivity index (χ2n) is 10.7. The van der Waals surface area contributed by atoms with Crippen molar-refractivity contribution in [1.29, 1.82) is 0 Å². The quantitative estimate of drug-likeness (QED) is 0.244. The Morgan fingerprint density at radius 2 is 1.90 bits per heavy atom. The first kappa shape index (κ1) is 30.0. The Morgan fingerprint density at radius 3 is 2.63 bits per heavy atom. The molecule has 4 rings (SSSR count). The van der Waals surface area contributed by atoms with E-state index in [0.29, 0.717) is 31.8 Å². The molecule has 2 heterocycles. The number of benzene rings is 1. The molecule has 0 radical (unpaired) electrons. The van der Waals surface area contributed by atoms with E-state index in [1.54, 1.807) is 25.2 Å². The van der Waals surface area contributed by atoms with E-state index in [4.69, 9.17) is 14.5 Å². The van der Waals surface area contributed by atoms with Crippen molar-refractivity contribution in [3.8, 4) is 21.7 Å². The Hall–Kier alpha value is -3.98. The molecule has 1 aliphatic carbocycles. The van der Waals surface area contributed by atoms with Gasteiger partial charge in [0.25, 0.3) is 0 Å². The van der Waals surface area contributed by atoms with Crippen LogP contribution in [0, 0.1) is 18.3 Å². The van der Waals surface area contributed by atoms with Gasteiger partial charge >= 0.3 is 12.1 Å². The Labute approximate surface area is 245 Å². The Bertz CT molecular complexity index is 1420. The van der Waals surface area contributed by atoms with Gasteiger partial charge in [0.05, 0.1) is 18.4 Å². The maximum atomic E-state index is 12.1. The number of aryl methyl sites for hydroxylation is 1. The minimum Gasteiger partial charge on any atom is -0.494 e. The first-order valence-corrected chi connectivity index (χ1v) is 14.6. The fourth-order valence-corrected chi connectivity index (χ4v) is 5.66. The number of alkyl carbamates (subject to hydrolysis) is 1. The number of nitrogens with one attached hydrogen (secondary N) is 1. The summed E-state index contributed by atoms with van der Waals surface area (Å²) in [5, 5.41) is 13.0. The third-order valence-corrected chi connectivity index (χ3v) is 8.18. The van der Waals surface area contributed by atoms with Crippen molar-refractivity contribution in [2.45, 2.75) is 53.1 Å². The number of nitrogens with zero attached hydrogens (tertiary/aromatic N) is 2. The summed E-state index contributed by atoms with van der Waals surface area (Å²) in [7, 11) is 0. The number of amides is 1. The van der Waals surface area contributed by atoms with E-state index < -0.39 is 17.5 Å². The van der Waals surface area contributed by atoms with E-state index in [-0.39, 0.29) is 18.4 Å². The normalized spacial score (nSPS) is 18.2. The van der Waals surface area contributed by atoms with Gasteiger partial charge in [-0.15, -0.1) is 11.3 Å². The molecule has 1 amide bonds. The molecule has 0 spiro atoms. The SMILES string of the molecule is Cc1sc(-c2cncc(-c3ccccc3)c2)nc1CCOC1=CC(CNC(=O)OC(C)C)C(C)(CCC(=O)O)C=C1. The van der Waals surface area contributed by atoms with Crippen LogP contribution in [0.15, 0.2) is 72.8 Å². The van der Waals surface area contributed by atoms with E-state index in [1.807, 2.05) is 55.7 Å². The van der Waals surface area contributed by atoms with Gasteiger partial charge in [-0.05, 0) is 56.4 Å². The molecule has 0 aliphatic heterocycles. The number of hydrogen-bond acceptors (Lipinski definition) is 7. The minimum absolute atomic E-state index is 0.0347. The number of carbonyl (C=O) groups is 2. The number of thiazole rings is 1. The van der Waals surface area contributed by atoms with Gasteiger partial charge < -0.3 is 19.9 Å². The predicted molar refractivity (Wildman–Crippen MR) is 160 cm³/mol. The average Bonchev–Trinajstić information content (AvgIpc) is 3.32. The molecule has 9 heteroatoms. The second kappa shape index (κ2) is 13.6. The zero-order valence-corrected chi connectivity index (χ0v) is 24.7. The fourth-order valence-electron chi connectivity index (χ4n) is 4.72. The summed E-state index contributed by atoms with van der Waals surface area (Å²) in [5.41, 5.74) is 3.68. The monoisotopic (exact) mass is 575 g/mol. The van der Waals surface area contributed by atoms with E-state index >= 15 is 0 Å². The molecule has 0 fully saturated rings. The molecule has 0 saturated carbocycles. The lowest BCUT2D eigenvalue weighted by atomic mass is 9.71. The summed E-state index contributed by atoms with van der Waals surface area (Å²) >= 11 is 1.64. The van der Waals surface area contributed by atoms with Crippen LogP contribution < -0.4 is 5.32 Å². The van der Waals surface area contributed by atoms with Crippen LogP contribution in [0.4, 0.5) is 4.79 Å². The number of ether oxygens (including phenoxy) is 2. The van der Waals surface area contributed by atoms with Crippen LogP contribution in [0.25, 0.3) is 21.7 Å². The lowest BCUT2D eigenvalue weighted by Gasteiger charge is -2.36. The summed E-state index contributed by atoms with van der Waals surface area (Å²) < 4.78 is 11.3. The molecule has 2 aromatic heterocycles. The van der Waals surface area contributed by atoms with E-state index in [1.165, 1.54) is 0 Å². The number of carboxylic acid groups (broad SMARTS) is 1. The third kappa shape index (κ3) is 8.27. The number of allylic oxidation sites excluding steroid dienone is 2. The van der Waals surface area contributed by atoms with Crippen molar-refractivity contribution in [2.24, 2.45) is 11.3 Å². The van der Waals surface area contributed by atoms with Crippen molar-refractivity contribution < 1.29 is 24.2 Å². The largest absolute Gasteiger partial charge is 0.494 e. The number of aromatic nitrogens is 2. The number of carboxylic acids is 1. The van der Waals surface area contributed by atoms with E-state index in [2.05, 4.69) is 35.4 Å². The fraction of sp³-hybridized carbons (Fsp3) is 0.375. The van der Waals surface area contributed by atoms with Gasteiger partial charge in [0.2, 0.25) is 0 Å². The Morgan fingerprint density at radius 1 is 1.15 bits per heavy atom. The molecule has 2 atom stereocenters. The highest BCUT2D eigenvalue weighted by molar-refractivity contribution is 7.15. The van der Waals surface area contributed by atoms with Crippen LogP contribution in [-0.2, 0) is 20.7 Å². The molecule has 0 saturated heterocycles. The van der Waals surface area contributed by atoms with Crippen LogP contribution in [0.3, 0.4) is 0 Å². The van der Waals surface area contributed by atoms with Crippen molar-refractivity contribution in [2.75, 3.05) is 13.2 Å². The minimum atomic E-state index is -0.850. The topological polar surface area (TPSA) is 111 Å². The molecule has 1 aromatic carbocycles. The van der Waals surface area contributed by atoms with Crippen molar-refractivity contribution in [3.05, 3.63) is 83.4 Å². The maximum absolute atomic E-state index is 12.1. The number of pyridine rings is 1. The number of carbonyl (C=O) groups excluding carboxylic acids is 1. The molecule has 216 valence electrons. The highest BCUT2D eigenvalue weighted by atomic mass is 32.1. The van der Waals surface area contributed by atoms with Gasteiger partial charge in [0.1, 0.15) is 10.8 Å². The molecule has 8 nitrogen and oxygen atoms in total. The maximum Gasteiger partial charge on any atom is 0.407 e. The smallest absolute Gasteiger partial charge is 0.407 e. The Kier molecular flexibility index (Phi) is 9.94. The number of hydrogen-bond donors (Lipinski definition) is 2. The average molecular weight is 576 g/mol. The zero-order chi connectivity index (χ0) is 29.4. The van der Waals surface area contributed by atoms with Crippen LogP contribution in [0.1, 0.15) is 44.2 Å². The molecule has 1 aliphatic rings. The van der Waals surface area contributed by atoms with E-state index in [0.717, 1.165) is 32.3 Å². The van der Waals surface area contributed by atoms with Gasteiger partial charge in [-0.2, -0.15) is 0 Å². The van der Waals surface area contributed by atoms with Gasteiger partial charge in [0, 0.05) is 53.7 Å². The van der Waals surface area contributed by atoms with Crippen molar-refractivity contribution in [1.82, 2.24) is 15.3 Å². The van der Waals surface area contributed by atoms with Gasteiger partial charge in [-0.25, -0.2) is 9.78 Å². The molecule has 3 aromatic rings. The van der Waals surface area contributed by atoms with Crippen LogP contribution in [-0.4, -0.2) is 46.4 Å². The molecule has 2 N–H and O–H groups in total. The van der Waals surface area contributed by atoms with Crippen molar-refractivity contribution in [3.63, 3.8) is 0 Å². The van der Waals surface area contributed by atoms with Gasteiger partial charge in [0.15, 0.2) is 0 Å². The standard InChI is InChI=1S/C32H37N3O5S/c1-21(2)40-31(38)34-20-26-17-27(10-13-32(26,4)14-11-29(36)37)39-15-12-28-22(3)41-30(35-28)25-16-24(18-33-19-25)23-8-6-5-7-9-23/h5-10,13,16-19,21,26H,11-12,14-15,20H2,1-4H3,(H,34,38)(H,36,37). The zero-order valence-electron chi connectivity index (χ0n) is 23.9.